The number of rotatable bonds is 7. The minimum atomic E-state index is -0.270. The third-order valence-electron chi connectivity index (χ3n) is 4.16. The van der Waals surface area contributed by atoms with Crippen LogP contribution < -0.4 is 10.6 Å². The van der Waals surface area contributed by atoms with Crippen LogP contribution >= 0.6 is 0 Å². The number of hydrogen-bond donors (Lipinski definition) is 2. The molecule has 0 saturated heterocycles. The summed E-state index contributed by atoms with van der Waals surface area (Å²) in [4.78, 5) is 24.5. The van der Waals surface area contributed by atoms with E-state index in [1.807, 2.05) is 69.3 Å². The minimum absolute atomic E-state index is 0.00440. The second-order valence-electron chi connectivity index (χ2n) is 6.31. The SMILES string of the molecule is CCCC(=O)NC[C@@H](NC(=O)c1ccccc1C)c1ccc(C)cc1. The molecule has 0 fully saturated rings. The Balaban J connectivity index is 2.16. The van der Waals surface area contributed by atoms with E-state index in [-0.39, 0.29) is 17.9 Å². The van der Waals surface area contributed by atoms with Crippen molar-refractivity contribution in [1.82, 2.24) is 10.6 Å². The van der Waals surface area contributed by atoms with E-state index in [0.29, 0.717) is 18.5 Å². The first-order valence-corrected chi connectivity index (χ1v) is 8.71. The zero-order valence-corrected chi connectivity index (χ0v) is 15.1. The van der Waals surface area contributed by atoms with Crippen molar-refractivity contribution in [2.24, 2.45) is 0 Å². The van der Waals surface area contributed by atoms with E-state index in [2.05, 4.69) is 10.6 Å². The molecule has 0 aliphatic carbocycles. The van der Waals surface area contributed by atoms with Crippen molar-refractivity contribution in [3.05, 3.63) is 70.8 Å². The summed E-state index contributed by atoms with van der Waals surface area (Å²) in [6.07, 6.45) is 1.29. The van der Waals surface area contributed by atoms with Crippen molar-refractivity contribution in [2.75, 3.05) is 6.54 Å². The molecule has 0 aromatic heterocycles. The lowest BCUT2D eigenvalue weighted by Crippen LogP contribution is -2.38. The zero-order chi connectivity index (χ0) is 18.2. The van der Waals surface area contributed by atoms with E-state index in [1.54, 1.807) is 0 Å². The molecule has 2 rings (SSSR count). The summed E-state index contributed by atoms with van der Waals surface area (Å²) in [6.45, 7) is 6.28. The molecule has 1 atom stereocenters. The van der Waals surface area contributed by atoms with Crippen molar-refractivity contribution in [3.63, 3.8) is 0 Å². The third-order valence-corrected chi connectivity index (χ3v) is 4.16. The highest BCUT2D eigenvalue weighted by molar-refractivity contribution is 5.95. The smallest absolute Gasteiger partial charge is 0.252 e. The summed E-state index contributed by atoms with van der Waals surface area (Å²) in [6, 6.07) is 15.2. The number of carbonyl (C=O) groups excluding carboxylic acids is 2. The molecule has 0 aliphatic heterocycles. The molecule has 0 unspecified atom stereocenters. The van der Waals surface area contributed by atoms with Gasteiger partial charge in [0.1, 0.15) is 0 Å². The Kier molecular flexibility index (Phi) is 6.75. The zero-order valence-electron chi connectivity index (χ0n) is 15.1. The van der Waals surface area contributed by atoms with Crippen LogP contribution in [0.4, 0.5) is 0 Å². The molecule has 0 bridgehead atoms. The topological polar surface area (TPSA) is 58.2 Å². The van der Waals surface area contributed by atoms with Gasteiger partial charge in [0.05, 0.1) is 6.04 Å². The van der Waals surface area contributed by atoms with Gasteiger partial charge < -0.3 is 10.6 Å². The lowest BCUT2D eigenvalue weighted by molar-refractivity contribution is -0.121. The third kappa shape index (κ3) is 5.45. The van der Waals surface area contributed by atoms with Crippen LogP contribution in [-0.4, -0.2) is 18.4 Å². The van der Waals surface area contributed by atoms with Gasteiger partial charge in [0.25, 0.3) is 5.91 Å². The standard InChI is InChI=1S/C21H26N2O2/c1-4-7-20(24)22-14-19(17-12-10-15(2)11-13-17)23-21(25)18-9-6-5-8-16(18)3/h5-6,8-13,19H,4,7,14H2,1-3H3,(H,22,24)(H,23,25)/t19-/m1/s1. The second-order valence-corrected chi connectivity index (χ2v) is 6.31. The van der Waals surface area contributed by atoms with E-state index in [1.165, 1.54) is 0 Å². The van der Waals surface area contributed by atoms with Gasteiger partial charge in [-0.25, -0.2) is 0 Å². The van der Waals surface area contributed by atoms with Crippen molar-refractivity contribution >= 4 is 11.8 Å². The first-order valence-electron chi connectivity index (χ1n) is 8.71. The summed E-state index contributed by atoms with van der Waals surface area (Å²) >= 11 is 0. The predicted molar refractivity (Wildman–Crippen MR) is 100 cm³/mol. The fourth-order valence-electron chi connectivity index (χ4n) is 2.65. The summed E-state index contributed by atoms with van der Waals surface area (Å²) in [7, 11) is 0. The Morgan fingerprint density at radius 1 is 1.00 bits per heavy atom. The maximum atomic E-state index is 12.7. The Bertz CT molecular complexity index is 723. The van der Waals surface area contributed by atoms with Crippen molar-refractivity contribution in [3.8, 4) is 0 Å². The lowest BCUT2D eigenvalue weighted by Gasteiger charge is -2.21. The Morgan fingerprint density at radius 3 is 2.32 bits per heavy atom. The van der Waals surface area contributed by atoms with Crippen LogP contribution in [0.1, 0.15) is 52.9 Å². The molecule has 0 saturated carbocycles. The van der Waals surface area contributed by atoms with Crippen molar-refractivity contribution in [1.29, 1.82) is 0 Å². The maximum Gasteiger partial charge on any atom is 0.252 e. The Morgan fingerprint density at radius 2 is 1.68 bits per heavy atom. The number of nitrogens with one attached hydrogen (secondary N) is 2. The van der Waals surface area contributed by atoms with Gasteiger partial charge in [0, 0.05) is 18.5 Å². The number of benzene rings is 2. The number of carbonyl (C=O) groups is 2. The van der Waals surface area contributed by atoms with Crippen LogP contribution in [0, 0.1) is 13.8 Å². The van der Waals surface area contributed by atoms with Gasteiger partial charge in [-0.2, -0.15) is 0 Å². The largest absolute Gasteiger partial charge is 0.354 e. The molecular formula is C21H26N2O2. The molecule has 0 heterocycles. The van der Waals surface area contributed by atoms with Crippen LogP contribution in [0.25, 0.3) is 0 Å². The summed E-state index contributed by atoms with van der Waals surface area (Å²) in [5, 5.41) is 5.97. The van der Waals surface area contributed by atoms with Gasteiger partial charge in [-0.1, -0.05) is 55.0 Å². The summed E-state index contributed by atoms with van der Waals surface area (Å²) in [5.74, 6) is -0.127. The molecule has 0 radical (unpaired) electrons. The first-order chi connectivity index (χ1) is 12.0. The van der Waals surface area contributed by atoms with Crippen molar-refractivity contribution in [2.45, 2.75) is 39.7 Å². The molecule has 4 heteroatoms. The van der Waals surface area contributed by atoms with E-state index in [0.717, 1.165) is 23.1 Å². The van der Waals surface area contributed by atoms with E-state index < -0.39 is 0 Å². The van der Waals surface area contributed by atoms with Gasteiger partial charge in [0.2, 0.25) is 5.91 Å². The maximum absolute atomic E-state index is 12.7. The van der Waals surface area contributed by atoms with Crippen LogP contribution in [-0.2, 0) is 4.79 Å². The van der Waals surface area contributed by atoms with E-state index in [4.69, 9.17) is 0 Å². The van der Waals surface area contributed by atoms with Gasteiger partial charge >= 0.3 is 0 Å². The van der Waals surface area contributed by atoms with Gasteiger partial charge in [-0.05, 0) is 37.5 Å². The fourth-order valence-corrected chi connectivity index (χ4v) is 2.65. The minimum Gasteiger partial charge on any atom is -0.354 e. The normalized spacial score (nSPS) is 11.6. The van der Waals surface area contributed by atoms with Gasteiger partial charge in [-0.3, -0.25) is 9.59 Å². The summed E-state index contributed by atoms with van der Waals surface area (Å²) < 4.78 is 0. The fraction of sp³-hybridized carbons (Fsp3) is 0.333. The van der Waals surface area contributed by atoms with Crippen LogP contribution in [0.3, 0.4) is 0 Å². The van der Waals surface area contributed by atoms with E-state index >= 15 is 0 Å². The molecule has 0 aliphatic rings. The highest BCUT2D eigenvalue weighted by Crippen LogP contribution is 2.15. The average Bonchev–Trinajstić information content (AvgIpc) is 2.60. The quantitative estimate of drug-likeness (QED) is 0.809. The van der Waals surface area contributed by atoms with Crippen molar-refractivity contribution < 1.29 is 9.59 Å². The number of amides is 2. The molecule has 25 heavy (non-hydrogen) atoms. The molecule has 2 amide bonds. The molecule has 0 spiro atoms. The second kappa shape index (κ2) is 9.02. The van der Waals surface area contributed by atoms with E-state index in [9.17, 15) is 9.59 Å². The highest BCUT2D eigenvalue weighted by atomic mass is 16.2. The van der Waals surface area contributed by atoms with Gasteiger partial charge in [0.15, 0.2) is 0 Å². The first kappa shape index (κ1) is 18.7. The van der Waals surface area contributed by atoms with Gasteiger partial charge in [-0.15, -0.1) is 0 Å². The molecule has 2 aromatic rings. The number of hydrogen-bond acceptors (Lipinski definition) is 2. The molecule has 2 N–H and O–H groups in total. The number of aryl methyl sites for hydroxylation is 2. The summed E-state index contributed by atoms with van der Waals surface area (Å²) in [5.41, 5.74) is 3.71. The molecule has 2 aromatic carbocycles. The molecular weight excluding hydrogens is 312 g/mol. The molecule has 132 valence electrons. The average molecular weight is 338 g/mol. The Hall–Kier alpha value is -2.62. The lowest BCUT2D eigenvalue weighted by atomic mass is 10.0. The van der Waals surface area contributed by atoms with Crippen LogP contribution in [0.5, 0.6) is 0 Å². The Labute approximate surface area is 149 Å². The molecule has 4 nitrogen and oxygen atoms in total. The monoisotopic (exact) mass is 338 g/mol. The predicted octanol–water partition coefficient (Wildman–Crippen LogP) is 3.69. The van der Waals surface area contributed by atoms with Crippen LogP contribution in [0.2, 0.25) is 0 Å². The van der Waals surface area contributed by atoms with Crippen LogP contribution in [0.15, 0.2) is 48.5 Å². The highest BCUT2D eigenvalue weighted by Gasteiger charge is 2.17.